The summed E-state index contributed by atoms with van der Waals surface area (Å²) in [5.74, 6) is 1.62. The molecule has 5 nitrogen and oxygen atoms in total. The number of allylic oxidation sites excluding steroid dienone is 2. The standard InChI is InChI=1S/C36H23N3O2/c1-37-35(36-38-31-17-9-11-19-33(31)41-36)30-24-34(40-32-18-10-8-16-29(30)32)25-20-22-28(23-21-25)39(26-12-4-2-5-13-26)27-14-6-3-7-15-27/h2-24H. The Morgan fingerprint density at radius 1 is 0.659 bits per heavy atom. The summed E-state index contributed by atoms with van der Waals surface area (Å²) in [5, 5.41) is 0. The summed E-state index contributed by atoms with van der Waals surface area (Å²) in [7, 11) is 0. The van der Waals surface area contributed by atoms with Crippen molar-refractivity contribution in [3.63, 3.8) is 0 Å². The summed E-state index contributed by atoms with van der Waals surface area (Å²) in [4.78, 5) is 10.7. The molecule has 0 amide bonds. The Labute approximate surface area is 237 Å². The van der Waals surface area contributed by atoms with E-state index in [0.29, 0.717) is 39.8 Å². The van der Waals surface area contributed by atoms with Gasteiger partial charge in [-0.15, -0.1) is 0 Å². The molecule has 5 heteroatoms. The van der Waals surface area contributed by atoms with Crippen molar-refractivity contribution < 1.29 is 9.15 Å². The van der Waals surface area contributed by atoms with Crippen molar-refractivity contribution in [2.45, 2.75) is 0 Å². The first-order valence-corrected chi connectivity index (χ1v) is 13.3. The molecular formula is C36H23N3O2. The van der Waals surface area contributed by atoms with Crippen LogP contribution in [-0.4, -0.2) is 4.98 Å². The smallest absolute Gasteiger partial charge is 0.255 e. The second kappa shape index (κ2) is 10.4. The zero-order valence-corrected chi connectivity index (χ0v) is 21.9. The summed E-state index contributed by atoms with van der Waals surface area (Å²) in [5.41, 5.74) is 7.28. The van der Waals surface area contributed by atoms with E-state index in [-0.39, 0.29) is 0 Å². The van der Waals surface area contributed by atoms with Gasteiger partial charge in [0.1, 0.15) is 17.0 Å². The van der Waals surface area contributed by atoms with E-state index in [0.717, 1.165) is 28.2 Å². The van der Waals surface area contributed by atoms with Gasteiger partial charge in [-0.1, -0.05) is 66.7 Å². The van der Waals surface area contributed by atoms with Crippen molar-refractivity contribution >= 4 is 45.2 Å². The fraction of sp³-hybridized carbons (Fsp3) is 0. The van der Waals surface area contributed by atoms with E-state index in [2.05, 4.69) is 51.1 Å². The van der Waals surface area contributed by atoms with Gasteiger partial charge in [-0.2, -0.15) is 0 Å². The minimum absolute atomic E-state index is 0.292. The maximum Gasteiger partial charge on any atom is 0.255 e. The van der Waals surface area contributed by atoms with Crippen molar-refractivity contribution in [2.75, 3.05) is 4.90 Å². The summed E-state index contributed by atoms with van der Waals surface area (Å²) in [6.07, 6.45) is 1.91. The van der Waals surface area contributed by atoms with Crippen LogP contribution in [0.15, 0.2) is 144 Å². The Bertz CT molecular complexity index is 1890. The molecule has 2 heterocycles. The predicted octanol–water partition coefficient (Wildman–Crippen LogP) is 9.52. The van der Waals surface area contributed by atoms with Crippen LogP contribution in [0.5, 0.6) is 5.75 Å². The maximum atomic E-state index is 8.05. The van der Waals surface area contributed by atoms with E-state index in [4.69, 9.17) is 15.7 Å². The molecule has 0 radical (unpaired) electrons. The highest BCUT2D eigenvalue weighted by Gasteiger charge is 2.24. The molecule has 0 spiro atoms. The summed E-state index contributed by atoms with van der Waals surface area (Å²) in [6, 6.07) is 44.1. The van der Waals surface area contributed by atoms with Crippen molar-refractivity contribution in [1.29, 1.82) is 0 Å². The lowest BCUT2D eigenvalue weighted by Crippen LogP contribution is -2.10. The van der Waals surface area contributed by atoms with Gasteiger partial charge >= 0.3 is 0 Å². The molecule has 0 fully saturated rings. The first-order chi connectivity index (χ1) is 20.3. The number of para-hydroxylation sites is 5. The van der Waals surface area contributed by atoms with E-state index in [1.54, 1.807) is 0 Å². The van der Waals surface area contributed by atoms with Crippen LogP contribution in [0, 0.1) is 6.57 Å². The lowest BCUT2D eigenvalue weighted by Gasteiger charge is -2.26. The fourth-order valence-electron chi connectivity index (χ4n) is 5.05. The van der Waals surface area contributed by atoms with Gasteiger partial charge < -0.3 is 14.1 Å². The van der Waals surface area contributed by atoms with E-state index in [1.807, 2.05) is 103 Å². The van der Waals surface area contributed by atoms with E-state index >= 15 is 0 Å². The average Bonchev–Trinajstić information content (AvgIpc) is 3.47. The Kier molecular flexibility index (Phi) is 6.12. The van der Waals surface area contributed by atoms with Crippen LogP contribution in [0.25, 0.3) is 33.0 Å². The molecule has 41 heavy (non-hydrogen) atoms. The number of hydrogen-bond acceptors (Lipinski definition) is 4. The molecule has 1 aliphatic heterocycles. The van der Waals surface area contributed by atoms with Gasteiger partial charge in [0.15, 0.2) is 5.58 Å². The number of anilines is 3. The predicted molar refractivity (Wildman–Crippen MR) is 164 cm³/mol. The third kappa shape index (κ3) is 4.54. The van der Waals surface area contributed by atoms with Gasteiger partial charge in [0.05, 0.1) is 6.57 Å². The summed E-state index contributed by atoms with van der Waals surface area (Å²) in [6.45, 7) is 8.05. The molecule has 0 atom stereocenters. The molecule has 1 aromatic heterocycles. The SMILES string of the molecule is [C-]#[N+]C(=C1C=C(c2ccc(N(c3ccccc3)c3ccccc3)cc2)Oc2ccccc21)c1nc2ccccc2o1. The maximum absolute atomic E-state index is 8.05. The van der Waals surface area contributed by atoms with Crippen LogP contribution in [-0.2, 0) is 0 Å². The number of aromatic nitrogens is 1. The average molecular weight is 530 g/mol. The Hall–Kier alpha value is -5.86. The minimum Gasteiger partial charge on any atom is -0.456 e. The molecule has 0 unspecified atom stereocenters. The van der Waals surface area contributed by atoms with E-state index in [9.17, 15) is 0 Å². The Balaban J connectivity index is 1.32. The van der Waals surface area contributed by atoms with Crippen molar-refractivity contribution in [2.24, 2.45) is 0 Å². The quantitative estimate of drug-likeness (QED) is 0.209. The number of fused-ring (bicyclic) bond motifs is 2. The van der Waals surface area contributed by atoms with Crippen LogP contribution in [0.1, 0.15) is 17.0 Å². The molecule has 7 rings (SSSR count). The van der Waals surface area contributed by atoms with Gasteiger partial charge in [-0.25, -0.2) is 9.83 Å². The van der Waals surface area contributed by atoms with E-state index in [1.165, 1.54) is 0 Å². The van der Waals surface area contributed by atoms with Gasteiger partial charge in [-0.3, -0.25) is 0 Å². The Morgan fingerprint density at radius 2 is 1.27 bits per heavy atom. The normalized spacial score (nSPS) is 13.5. The number of hydrogen-bond donors (Lipinski definition) is 0. The molecule has 0 saturated heterocycles. The van der Waals surface area contributed by atoms with Gasteiger partial charge in [0.2, 0.25) is 5.89 Å². The van der Waals surface area contributed by atoms with Gasteiger partial charge in [-0.05, 0) is 72.8 Å². The molecule has 5 aromatic carbocycles. The monoisotopic (exact) mass is 529 g/mol. The van der Waals surface area contributed by atoms with Crippen LogP contribution in [0.2, 0.25) is 0 Å². The van der Waals surface area contributed by atoms with E-state index < -0.39 is 0 Å². The van der Waals surface area contributed by atoms with Crippen molar-refractivity contribution in [1.82, 2.24) is 4.98 Å². The van der Waals surface area contributed by atoms with Crippen molar-refractivity contribution in [3.8, 4) is 5.75 Å². The zero-order chi connectivity index (χ0) is 27.6. The molecule has 0 saturated carbocycles. The number of ether oxygens (including phenoxy) is 1. The highest BCUT2D eigenvalue weighted by molar-refractivity contribution is 6.02. The lowest BCUT2D eigenvalue weighted by atomic mass is 9.97. The molecule has 1 aliphatic rings. The molecule has 0 bridgehead atoms. The number of oxazole rings is 1. The highest BCUT2D eigenvalue weighted by Crippen LogP contribution is 2.42. The number of nitrogens with zero attached hydrogens (tertiary/aromatic N) is 3. The van der Waals surface area contributed by atoms with Crippen LogP contribution in [0.3, 0.4) is 0 Å². The minimum atomic E-state index is 0.292. The summed E-state index contributed by atoms with van der Waals surface area (Å²) >= 11 is 0. The van der Waals surface area contributed by atoms with Crippen LogP contribution < -0.4 is 9.64 Å². The zero-order valence-electron chi connectivity index (χ0n) is 21.9. The van der Waals surface area contributed by atoms with Crippen molar-refractivity contribution in [3.05, 3.63) is 168 Å². The second-order valence-electron chi connectivity index (χ2n) is 9.52. The molecule has 0 N–H and O–H groups in total. The summed E-state index contributed by atoms with van der Waals surface area (Å²) < 4.78 is 12.4. The third-order valence-electron chi connectivity index (χ3n) is 6.97. The highest BCUT2D eigenvalue weighted by atomic mass is 16.5. The number of rotatable bonds is 5. The molecule has 0 aliphatic carbocycles. The van der Waals surface area contributed by atoms with Gasteiger partial charge in [0.25, 0.3) is 5.70 Å². The first kappa shape index (κ1) is 24.2. The largest absolute Gasteiger partial charge is 0.456 e. The van der Waals surface area contributed by atoms with Crippen LogP contribution in [0.4, 0.5) is 17.1 Å². The number of benzene rings is 5. The molecule has 194 valence electrons. The Morgan fingerprint density at radius 3 is 1.95 bits per heavy atom. The topological polar surface area (TPSA) is 42.9 Å². The first-order valence-electron chi connectivity index (χ1n) is 13.3. The second-order valence-corrected chi connectivity index (χ2v) is 9.52. The molecule has 6 aromatic rings. The fourth-order valence-corrected chi connectivity index (χ4v) is 5.05. The van der Waals surface area contributed by atoms with Gasteiger partial charge in [0, 0.05) is 33.8 Å². The van der Waals surface area contributed by atoms with Crippen LogP contribution >= 0.6 is 0 Å². The lowest BCUT2D eigenvalue weighted by molar-refractivity contribution is 0.509. The third-order valence-corrected chi connectivity index (χ3v) is 6.97. The molecular weight excluding hydrogens is 506 g/mol.